The normalized spacial score (nSPS) is 14.1. The lowest BCUT2D eigenvalue weighted by atomic mass is 9.92. The molecule has 0 aliphatic heterocycles. The standard InChI is InChI=1S/C21H22N2O2S2/c1-15-20(26-21(23-15)17-8-3-2-4-9-17)14-22-27(24,25)19-12-11-16-7-5-6-10-18(16)13-19/h2-4,8-9,11-13,22H,5-7,10,14H2,1H3. The Balaban J connectivity index is 1.52. The van der Waals surface area contributed by atoms with E-state index in [-0.39, 0.29) is 6.54 Å². The molecule has 1 aliphatic rings. The molecule has 6 heteroatoms. The molecule has 0 spiro atoms. The molecule has 0 bridgehead atoms. The minimum atomic E-state index is -3.54. The second-order valence-corrected chi connectivity index (χ2v) is 9.71. The Morgan fingerprint density at radius 1 is 1.04 bits per heavy atom. The first-order valence-electron chi connectivity index (χ1n) is 9.16. The number of hydrogen-bond donors (Lipinski definition) is 1. The van der Waals surface area contributed by atoms with Crippen molar-refractivity contribution in [2.24, 2.45) is 0 Å². The Bertz CT molecular complexity index is 1060. The van der Waals surface area contributed by atoms with Gasteiger partial charge in [-0.2, -0.15) is 0 Å². The summed E-state index contributed by atoms with van der Waals surface area (Å²) >= 11 is 1.53. The molecule has 0 fully saturated rings. The third-order valence-electron chi connectivity index (χ3n) is 4.97. The van der Waals surface area contributed by atoms with E-state index in [1.165, 1.54) is 28.9 Å². The molecule has 0 saturated carbocycles. The molecular weight excluding hydrogens is 376 g/mol. The number of sulfonamides is 1. The van der Waals surface area contributed by atoms with Crippen LogP contribution in [0.3, 0.4) is 0 Å². The maximum Gasteiger partial charge on any atom is 0.240 e. The molecule has 1 N–H and O–H groups in total. The molecule has 2 aromatic carbocycles. The summed E-state index contributed by atoms with van der Waals surface area (Å²) in [5.74, 6) is 0. The molecule has 0 unspecified atom stereocenters. The van der Waals surface area contributed by atoms with Crippen LogP contribution in [-0.4, -0.2) is 13.4 Å². The van der Waals surface area contributed by atoms with Crippen molar-refractivity contribution in [2.75, 3.05) is 0 Å². The summed E-state index contributed by atoms with van der Waals surface area (Å²) in [6.45, 7) is 2.18. The van der Waals surface area contributed by atoms with Gasteiger partial charge in [-0.05, 0) is 55.9 Å². The van der Waals surface area contributed by atoms with E-state index in [0.717, 1.165) is 40.4 Å². The summed E-state index contributed by atoms with van der Waals surface area (Å²) < 4.78 is 28.3. The average Bonchev–Trinajstić information content (AvgIpc) is 3.07. The van der Waals surface area contributed by atoms with Gasteiger partial charge in [0.2, 0.25) is 10.0 Å². The topological polar surface area (TPSA) is 59.1 Å². The number of rotatable bonds is 5. The summed E-state index contributed by atoms with van der Waals surface area (Å²) in [7, 11) is -3.54. The van der Waals surface area contributed by atoms with Crippen LogP contribution in [0.5, 0.6) is 0 Å². The van der Waals surface area contributed by atoms with Crippen molar-refractivity contribution in [3.05, 3.63) is 70.2 Å². The first kappa shape index (κ1) is 18.3. The summed E-state index contributed by atoms with van der Waals surface area (Å²) in [6, 6.07) is 15.5. The maximum atomic E-state index is 12.8. The Morgan fingerprint density at radius 2 is 1.78 bits per heavy atom. The molecular formula is C21H22N2O2S2. The van der Waals surface area contributed by atoms with E-state index in [4.69, 9.17) is 0 Å². The number of nitrogens with zero attached hydrogens (tertiary/aromatic N) is 1. The molecule has 0 saturated heterocycles. The van der Waals surface area contributed by atoms with E-state index in [0.29, 0.717) is 4.90 Å². The van der Waals surface area contributed by atoms with E-state index >= 15 is 0 Å². The van der Waals surface area contributed by atoms with Gasteiger partial charge in [-0.3, -0.25) is 0 Å². The number of nitrogens with one attached hydrogen (secondary N) is 1. The predicted octanol–water partition coefficient (Wildman–Crippen LogP) is 4.48. The van der Waals surface area contributed by atoms with Crippen LogP contribution < -0.4 is 4.72 Å². The second-order valence-electron chi connectivity index (χ2n) is 6.86. The van der Waals surface area contributed by atoms with Crippen LogP contribution in [-0.2, 0) is 29.4 Å². The first-order valence-corrected chi connectivity index (χ1v) is 11.5. The quantitative estimate of drug-likeness (QED) is 0.689. The number of hydrogen-bond acceptors (Lipinski definition) is 4. The van der Waals surface area contributed by atoms with Gasteiger partial charge in [-0.15, -0.1) is 11.3 Å². The lowest BCUT2D eigenvalue weighted by Gasteiger charge is -2.16. The number of thiazole rings is 1. The van der Waals surface area contributed by atoms with Crippen molar-refractivity contribution in [1.29, 1.82) is 0 Å². The fraction of sp³-hybridized carbons (Fsp3) is 0.286. The van der Waals surface area contributed by atoms with Crippen LogP contribution in [0, 0.1) is 6.92 Å². The van der Waals surface area contributed by atoms with Crippen LogP contribution in [0.2, 0.25) is 0 Å². The Morgan fingerprint density at radius 3 is 2.56 bits per heavy atom. The van der Waals surface area contributed by atoms with Gasteiger partial charge >= 0.3 is 0 Å². The summed E-state index contributed by atoms with van der Waals surface area (Å²) in [4.78, 5) is 5.89. The molecule has 4 nitrogen and oxygen atoms in total. The van der Waals surface area contributed by atoms with E-state index in [1.807, 2.05) is 49.4 Å². The highest BCUT2D eigenvalue weighted by Crippen LogP contribution is 2.28. The number of fused-ring (bicyclic) bond motifs is 1. The molecule has 3 aromatic rings. The predicted molar refractivity (Wildman–Crippen MR) is 109 cm³/mol. The minimum Gasteiger partial charge on any atom is -0.241 e. The summed E-state index contributed by atoms with van der Waals surface area (Å²) in [6.07, 6.45) is 4.33. The number of aromatic nitrogens is 1. The highest BCUT2D eigenvalue weighted by Gasteiger charge is 2.19. The van der Waals surface area contributed by atoms with Gasteiger partial charge in [-0.25, -0.2) is 18.1 Å². The van der Waals surface area contributed by atoms with Crippen LogP contribution in [0.25, 0.3) is 10.6 Å². The molecule has 1 aliphatic carbocycles. The smallest absolute Gasteiger partial charge is 0.240 e. The van der Waals surface area contributed by atoms with E-state index in [9.17, 15) is 8.42 Å². The second kappa shape index (κ2) is 7.54. The van der Waals surface area contributed by atoms with E-state index in [1.54, 1.807) is 6.07 Å². The van der Waals surface area contributed by atoms with Crippen molar-refractivity contribution in [1.82, 2.24) is 9.71 Å². The average molecular weight is 399 g/mol. The van der Waals surface area contributed by atoms with Crippen molar-refractivity contribution in [2.45, 2.75) is 44.0 Å². The van der Waals surface area contributed by atoms with Gasteiger partial charge < -0.3 is 0 Å². The fourth-order valence-electron chi connectivity index (χ4n) is 3.42. The van der Waals surface area contributed by atoms with Crippen LogP contribution in [0.15, 0.2) is 53.4 Å². The molecule has 0 atom stereocenters. The van der Waals surface area contributed by atoms with E-state index < -0.39 is 10.0 Å². The molecule has 0 radical (unpaired) electrons. The number of aryl methyl sites for hydroxylation is 3. The minimum absolute atomic E-state index is 0.260. The molecule has 27 heavy (non-hydrogen) atoms. The maximum absolute atomic E-state index is 12.8. The van der Waals surface area contributed by atoms with Gasteiger partial charge in [0.05, 0.1) is 10.6 Å². The van der Waals surface area contributed by atoms with Gasteiger partial charge in [0.25, 0.3) is 0 Å². The lowest BCUT2D eigenvalue weighted by molar-refractivity contribution is 0.581. The van der Waals surface area contributed by atoms with E-state index in [2.05, 4.69) is 9.71 Å². The highest BCUT2D eigenvalue weighted by atomic mass is 32.2. The summed E-state index contributed by atoms with van der Waals surface area (Å²) in [5, 5.41) is 0.913. The van der Waals surface area contributed by atoms with Crippen LogP contribution in [0.4, 0.5) is 0 Å². The third kappa shape index (κ3) is 3.98. The SMILES string of the molecule is Cc1nc(-c2ccccc2)sc1CNS(=O)(=O)c1ccc2c(c1)CCCC2. The molecule has 1 aromatic heterocycles. The fourth-order valence-corrected chi connectivity index (χ4v) is 5.56. The Kier molecular flexibility index (Phi) is 5.12. The monoisotopic (exact) mass is 398 g/mol. The zero-order chi connectivity index (χ0) is 18.9. The molecule has 1 heterocycles. The van der Waals surface area contributed by atoms with Gasteiger partial charge in [0.15, 0.2) is 0 Å². The van der Waals surface area contributed by atoms with Gasteiger partial charge in [-0.1, -0.05) is 36.4 Å². The first-order chi connectivity index (χ1) is 13.0. The Labute approximate surface area is 164 Å². The van der Waals surface area contributed by atoms with Crippen LogP contribution >= 0.6 is 11.3 Å². The molecule has 0 amide bonds. The van der Waals surface area contributed by atoms with Crippen molar-refractivity contribution in [3.63, 3.8) is 0 Å². The van der Waals surface area contributed by atoms with Crippen molar-refractivity contribution < 1.29 is 8.42 Å². The van der Waals surface area contributed by atoms with Crippen LogP contribution in [0.1, 0.15) is 34.5 Å². The van der Waals surface area contributed by atoms with Gasteiger partial charge in [0.1, 0.15) is 5.01 Å². The number of benzene rings is 2. The third-order valence-corrected chi connectivity index (χ3v) is 7.57. The zero-order valence-electron chi connectivity index (χ0n) is 15.2. The van der Waals surface area contributed by atoms with Crippen molar-refractivity contribution in [3.8, 4) is 10.6 Å². The largest absolute Gasteiger partial charge is 0.241 e. The van der Waals surface area contributed by atoms with Crippen molar-refractivity contribution >= 4 is 21.4 Å². The highest BCUT2D eigenvalue weighted by molar-refractivity contribution is 7.89. The molecule has 4 rings (SSSR count). The lowest BCUT2D eigenvalue weighted by Crippen LogP contribution is -2.23. The summed E-state index contributed by atoms with van der Waals surface area (Å²) in [5.41, 5.74) is 4.37. The van der Waals surface area contributed by atoms with Gasteiger partial charge in [0, 0.05) is 17.0 Å². The Hall–Kier alpha value is -2.02. The zero-order valence-corrected chi connectivity index (χ0v) is 16.9. The molecule has 140 valence electrons.